The van der Waals surface area contributed by atoms with Crippen LogP contribution in [0.25, 0.3) is 11.4 Å². The van der Waals surface area contributed by atoms with Crippen LogP contribution in [-0.2, 0) is 11.3 Å². The van der Waals surface area contributed by atoms with E-state index >= 15 is 0 Å². The molecule has 2 aromatic carbocycles. The second-order valence-electron chi connectivity index (χ2n) is 5.78. The van der Waals surface area contributed by atoms with Gasteiger partial charge in [-0.1, -0.05) is 36.4 Å². The van der Waals surface area contributed by atoms with Crippen molar-refractivity contribution in [2.45, 2.75) is 6.54 Å². The highest BCUT2D eigenvalue weighted by Crippen LogP contribution is 2.25. The molecule has 0 saturated heterocycles. The van der Waals surface area contributed by atoms with Crippen LogP contribution < -0.4 is 4.90 Å². The quantitative estimate of drug-likeness (QED) is 0.549. The summed E-state index contributed by atoms with van der Waals surface area (Å²) < 4.78 is 0. The Kier molecular flexibility index (Phi) is 4.65. The van der Waals surface area contributed by atoms with E-state index in [-0.39, 0.29) is 12.5 Å². The minimum Gasteiger partial charge on any atom is -0.279 e. The third-order valence-corrected chi connectivity index (χ3v) is 3.95. The topological polar surface area (TPSA) is 76.8 Å². The Hall–Kier alpha value is -3.87. The molecule has 0 saturated carbocycles. The number of hydrogen-bond acceptors (Lipinski definition) is 5. The van der Waals surface area contributed by atoms with Gasteiger partial charge < -0.3 is 0 Å². The third-order valence-electron chi connectivity index (χ3n) is 3.95. The van der Waals surface area contributed by atoms with E-state index in [1.54, 1.807) is 29.4 Å². The normalized spacial score (nSPS) is 10.5. The predicted octanol–water partition coefficient (Wildman–Crippen LogP) is 3.10. The molecule has 2 heterocycles. The zero-order valence-corrected chi connectivity index (χ0v) is 14.4. The van der Waals surface area contributed by atoms with Crippen molar-refractivity contribution < 1.29 is 4.79 Å². The maximum Gasteiger partial charge on any atom is 0.255 e. The minimum absolute atomic E-state index is 0.0259. The van der Waals surface area contributed by atoms with Crippen LogP contribution in [0.4, 0.5) is 11.4 Å². The van der Waals surface area contributed by atoms with Gasteiger partial charge >= 0.3 is 0 Å². The van der Waals surface area contributed by atoms with Crippen molar-refractivity contribution in [3.05, 3.63) is 85.2 Å². The van der Waals surface area contributed by atoms with Crippen LogP contribution in [0.5, 0.6) is 0 Å². The van der Waals surface area contributed by atoms with Crippen molar-refractivity contribution in [2.24, 2.45) is 0 Å². The van der Waals surface area contributed by atoms with Crippen LogP contribution in [0, 0.1) is 0 Å². The summed E-state index contributed by atoms with van der Waals surface area (Å²) in [6, 6.07) is 22.6. The van der Waals surface area contributed by atoms with E-state index in [4.69, 9.17) is 0 Å². The number of anilines is 2. The number of aromatic nitrogens is 5. The Morgan fingerprint density at radius 1 is 0.852 bits per heavy atom. The van der Waals surface area contributed by atoms with Gasteiger partial charge in [0.25, 0.3) is 5.91 Å². The second kappa shape index (κ2) is 7.57. The molecule has 2 aromatic heterocycles. The molecule has 0 atom stereocenters. The van der Waals surface area contributed by atoms with Crippen molar-refractivity contribution in [2.75, 3.05) is 4.90 Å². The molecule has 132 valence electrons. The SMILES string of the molecule is O=C(Cn1nnc(-c2ccncc2)n1)N(c1ccccc1)c1ccccc1. The average Bonchev–Trinajstić information content (AvgIpc) is 3.19. The lowest BCUT2D eigenvalue weighted by molar-refractivity contribution is -0.118. The number of hydrogen-bond donors (Lipinski definition) is 0. The molecule has 0 bridgehead atoms. The van der Waals surface area contributed by atoms with Crippen molar-refractivity contribution in [1.29, 1.82) is 0 Å². The summed E-state index contributed by atoms with van der Waals surface area (Å²) in [4.78, 5) is 20.0. The first kappa shape index (κ1) is 16.6. The molecule has 0 radical (unpaired) electrons. The van der Waals surface area contributed by atoms with Gasteiger partial charge in [0.2, 0.25) is 5.82 Å². The summed E-state index contributed by atoms with van der Waals surface area (Å²) in [5.41, 5.74) is 2.36. The fraction of sp³-hybridized carbons (Fsp3) is 0.0500. The fourth-order valence-corrected chi connectivity index (χ4v) is 2.71. The summed E-state index contributed by atoms with van der Waals surface area (Å²) in [5, 5.41) is 12.3. The Bertz CT molecular complexity index is 979. The lowest BCUT2D eigenvalue weighted by Gasteiger charge is -2.22. The van der Waals surface area contributed by atoms with Gasteiger partial charge in [0.05, 0.1) is 0 Å². The highest BCUT2D eigenvalue weighted by atomic mass is 16.2. The first-order valence-electron chi connectivity index (χ1n) is 8.42. The van der Waals surface area contributed by atoms with E-state index in [0.717, 1.165) is 16.9 Å². The van der Waals surface area contributed by atoms with Gasteiger partial charge in [-0.2, -0.15) is 4.80 Å². The van der Waals surface area contributed by atoms with Crippen LogP contribution in [-0.4, -0.2) is 31.1 Å². The number of pyridine rings is 1. The lowest BCUT2D eigenvalue weighted by atomic mass is 10.2. The standard InChI is InChI=1S/C20H16N6O/c27-19(15-25-23-20(22-24-25)16-11-13-21-14-12-16)26(17-7-3-1-4-8-17)18-9-5-2-6-10-18/h1-14H,15H2. The van der Waals surface area contributed by atoms with Crippen LogP contribution in [0.2, 0.25) is 0 Å². The summed E-state index contributed by atoms with van der Waals surface area (Å²) >= 11 is 0. The number of para-hydroxylation sites is 2. The monoisotopic (exact) mass is 356 g/mol. The summed E-state index contributed by atoms with van der Waals surface area (Å²) in [5.74, 6) is 0.294. The van der Waals surface area contributed by atoms with Gasteiger partial charge in [0, 0.05) is 29.3 Å². The molecule has 7 heteroatoms. The van der Waals surface area contributed by atoms with Gasteiger partial charge in [-0.3, -0.25) is 14.7 Å². The van der Waals surface area contributed by atoms with Crippen molar-refractivity contribution in [3.63, 3.8) is 0 Å². The van der Waals surface area contributed by atoms with E-state index in [0.29, 0.717) is 5.82 Å². The molecule has 0 spiro atoms. The van der Waals surface area contributed by atoms with Crippen LogP contribution in [0.15, 0.2) is 85.2 Å². The van der Waals surface area contributed by atoms with Gasteiger partial charge in [-0.05, 0) is 41.6 Å². The first-order chi connectivity index (χ1) is 13.3. The maximum atomic E-state index is 13.0. The number of tetrazole rings is 1. The summed E-state index contributed by atoms with van der Waals surface area (Å²) in [6.07, 6.45) is 3.32. The van der Waals surface area contributed by atoms with E-state index in [2.05, 4.69) is 20.4 Å². The molecule has 0 unspecified atom stereocenters. The Balaban J connectivity index is 1.61. The van der Waals surface area contributed by atoms with Crippen molar-refractivity contribution >= 4 is 17.3 Å². The molecular formula is C20H16N6O. The largest absolute Gasteiger partial charge is 0.279 e. The van der Waals surface area contributed by atoms with E-state index in [9.17, 15) is 4.79 Å². The molecule has 0 aliphatic heterocycles. The van der Waals surface area contributed by atoms with E-state index < -0.39 is 0 Å². The van der Waals surface area contributed by atoms with E-state index in [1.165, 1.54) is 4.80 Å². The van der Waals surface area contributed by atoms with Gasteiger partial charge in [0.15, 0.2) is 0 Å². The number of rotatable bonds is 5. The fourth-order valence-electron chi connectivity index (χ4n) is 2.71. The van der Waals surface area contributed by atoms with Crippen molar-refractivity contribution in [3.8, 4) is 11.4 Å². The van der Waals surface area contributed by atoms with Crippen LogP contribution >= 0.6 is 0 Å². The molecule has 4 aromatic rings. The average molecular weight is 356 g/mol. The maximum absolute atomic E-state index is 13.0. The molecule has 7 nitrogen and oxygen atoms in total. The number of amides is 1. The first-order valence-corrected chi connectivity index (χ1v) is 8.42. The minimum atomic E-state index is -0.161. The molecule has 4 rings (SSSR count). The molecule has 0 aliphatic carbocycles. The Morgan fingerprint density at radius 3 is 2.04 bits per heavy atom. The lowest BCUT2D eigenvalue weighted by Crippen LogP contribution is -2.30. The molecule has 0 fully saturated rings. The summed E-state index contributed by atoms with van der Waals surface area (Å²) in [6.45, 7) is -0.0259. The highest BCUT2D eigenvalue weighted by Gasteiger charge is 2.19. The molecule has 0 N–H and O–H groups in total. The Morgan fingerprint density at radius 2 is 1.44 bits per heavy atom. The second-order valence-corrected chi connectivity index (χ2v) is 5.78. The Labute approximate surface area is 155 Å². The van der Waals surface area contributed by atoms with Gasteiger partial charge in [-0.15, -0.1) is 10.2 Å². The molecule has 1 amide bonds. The van der Waals surface area contributed by atoms with Gasteiger partial charge in [0.1, 0.15) is 6.54 Å². The highest BCUT2D eigenvalue weighted by molar-refractivity contribution is 6.00. The zero-order chi connectivity index (χ0) is 18.5. The number of carbonyl (C=O) groups is 1. The number of carbonyl (C=O) groups excluding carboxylic acids is 1. The third kappa shape index (κ3) is 3.72. The molecule has 27 heavy (non-hydrogen) atoms. The number of nitrogens with zero attached hydrogens (tertiary/aromatic N) is 6. The smallest absolute Gasteiger partial charge is 0.255 e. The van der Waals surface area contributed by atoms with Crippen LogP contribution in [0.1, 0.15) is 0 Å². The number of benzene rings is 2. The molecule has 0 aliphatic rings. The van der Waals surface area contributed by atoms with Crippen LogP contribution in [0.3, 0.4) is 0 Å². The zero-order valence-electron chi connectivity index (χ0n) is 14.4. The van der Waals surface area contributed by atoms with E-state index in [1.807, 2.05) is 60.7 Å². The van der Waals surface area contributed by atoms with Crippen molar-refractivity contribution in [1.82, 2.24) is 25.2 Å². The van der Waals surface area contributed by atoms with Gasteiger partial charge in [-0.25, -0.2) is 0 Å². The summed E-state index contributed by atoms with van der Waals surface area (Å²) in [7, 11) is 0. The predicted molar refractivity (Wildman–Crippen MR) is 101 cm³/mol. The molecular weight excluding hydrogens is 340 g/mol.